The third kappa shape index (κ3) is 2.97. The smallest absolute Gasteiger partial charge is 0.416 e. The number of fused-ring (bicyclic) bond motifs is 2. The van der Waals surface area contributed by atoms with Gasteiger partial charge >= 0.3 is 6.18 Å². The number of hydrogen-bond acceptors (Lipinski definition) is 3. The van der Waals surface area contributed by atoms with E-state index in [2.05, 4.69) is 9.97 Å². The van der Waals surface area contributed by atoms with Crippen molar-refractivity contribution in [3.8, 4) is 28.7 Å². The molecule has 0 aliphatic heterocycles. The van der Waals surface area contributed by atoms with Crippen LogP contribution in [0, 0.1) is 0 Å². The molecule has 0 aliphatic rings. The summed E-state index contributed by atoms with van der Waals surface area (Å²) in [6.45, 7) is 0. The number of benzene rings is 2. The SMILES string of the molecule is COc1ccc(-c2nc(-c3nc4ccc(C(F)(F)F)cc4[nH]3)c3ccccn23)cc1. The zero-order valence-electron chi connectivity index (χ0n) is 15.7. The van der Waals surface area contributed by atoms with Gasteiger partial charge in [0.15, 0.2) is 5.82 Å². The van der Waals surface area contributed by atoms with E-state index in [0.717, 1.165) is 29.0 Å². The van der Waals surface area contributed by atoms with Crippen LogP contribution >= 0.6 is 0 Å². The molecule has 3 aromatic heterocycles. The average Bonchev–Trinajstić information content (AvgIpc) is 3.34. The molecule has 0 fully saturated rings. The fourth-order valence-corrected chi connectivity index (χ4v) is 3.45. The maximum absolute atomic E-state index is 13.0. The van der Waals surface area contributed by atoms with E-state index in [4.69, 9.17) is 9.72 Å². The Kier molecular flexibility index (Phi) is 4.02. The fraction of sp³-hybridized carbons (Fsp3) is 0.0909. The predicted molar refractivity (Wildman–Crippen MR) is 107 cm³/mol. The predicted octanol–water partition coefficient (Wildman–Crippen LogP) is 5.57. The molecule has 0 unspecified atom stereocenters. The molecule has 0 saturated carbocycles. The van der Waals surface area contributed by atoms with E-state index < -0.39 is 11.7 Å². The average molecular weight is 408 g/mol. The first-order chi connectivity index (χ1) is 14.4. The highest BCUT2D eigenvalue weighted by molar-refractivity contribution is 5.85. The zero-order chi connectivity index (χ0) is 20.9. The molecule has 8 heteroatoms. The van der Waals surface area contributed by atoms with Crippen molar-refractivity contribution in [2.45, 2.75) is 6.18 Å². The lowest BCUT2D eigenvalue weighted by molar-refractivity contribution is -0.137. The Balaban J connectivity index is 1.67. The molecule has 0 radical (unpaired) electrons. The summed E-state index contributed by atoms with van der Waals surface area (Å²) in [6.07, 6.45) is -2.53. The second-order valence-electron chi connectivity index (χ2n) is 6.78. The summed E-state index contributed by atoms with van der Waals surface area (Å²) < 4.78 is 46.3. The number of pyridine rings is 1. The zero-order valence-corrected chi connectivity index (χ0v) is 15.7. The lowest BCUT2D eigenvalue weighted by Crippen LogP contribution is -2.04. The van der Waals surface area contributed by atoms with Crippen LogP contribution in [0.3, 0.4) is 0 Å². The number of aromatic amines is 1. The van der Waals surface area contributed by atoms with E-state index in [-0.39, 0.29) is 0 Å². The molecule has 0 amide bonds. The first kappa shape index (κ1) is 18.2. The molecule has 5 nitrogen and oxygen atoms in total. The van der Waals surface area contributed by atoms with E-state index in [0.29, 0.717) is 28.4 Å². The van der Waals surface area contributed by atoms with E-state index >= 15 is 0 Å². The molecule has 30 heavy (non-hydrogen) atoms. The van der Waals surface area contributed by atoms with E-state index in [1.807, 2.05) is 53.1 Å². The molecular weight excluding hydrogens is 393 g/mol. The molecule has 0 saturated heterocycles. The van der Waals surface area contributed by atoms with Crippen LogP contribution in [0.4, 0.5) is 13.2 Å². The van der Waals surface area contributed by atoms with E-state index in [1.165, 1.54) is 6.07 Å². The normalized spacial score (nSPS) is 12.0. The van der Waals surface area contributed by atoms with Crippen LogP contribution in [0.1, 0.15) is 5.56 Å². The van der Waals surface area contributed by atoms with Gasteiger partial charge in [-0.3, -0.25) is 4.40 Å². The van der Waals surface area contributed by atoms with E-state index in [9.17, 15) is 13.2 Å². The Morgan fingerprint density at radius 1 is 0.967 bits per heavy atom. The van der Waals surface area contributed by atoms with Gasteiger partial charge in [-0.15, -0.1) is 0 Å². The molecule has 2 aromatic carbocycles. The van der Waals surface area contributed by atoms with Gasteiger partial charge in [-0.1, -0.05) is 6.07 Å². The molecule has 0 bridgehead atoms. The second-order valence-corrected chi connectivity index (χ2v) is 6.78. The summed E-state index contributed by atoms with van der Waals surface area (Å²) in [5, 5.41) is 0. The van der Waals surface area contributed by atoms with Crippen LogP contribution in [0.15, 0.2) is 66.9 Å². The van der Waals surface area contributed by atoms with Crippen molar-refractivity contribution < 1.29 is 17.9 Å². The van der Waals surface area contributed by atoms with Gasteiger partial charge < -0.3 is 9.72 Å². The summed E-state index contributed by atoms with van der Waals surface area (Å²) in [5.41, 5.74) is 2.26. The molecule has 0 aliphatic carbocycles. The van der Waals surface area contributed by atoms with Crippen molar-refractivity contribution in [1.29, 1.82) is 0 Å². The summed E-state index contributed by atoms with van der Waals surface area (Å²) in [7, 11) is 1.60. The van der Waals surface area contributed by atoms with Crippen LogP contribution < -0.4 is 4.74 Å². The summed E-state index contributed by atoms with van der Waals surface area (Å²) >= 11 is 0. The largest absolute Gasteiger partial charge is 0.497 e. The standard InChI is InChI=1S/C22H15F3N4O/c1-30-15-8-5-13(6-9-15)21-28-19(18-4-2-3-11-29(18)21)20-26-16-10-7-14(22(23,24)25)12-17(16)27-20/h2-12H,1H3,(H,26,27). The number of H-pyrrole nitrogens is 1. The Bertz CT molecular complexity index is 1370. The molecule has 5 aromatic rings. The third-order valence-electron chi connectivity index (χ3n) is 4.93. The number of ether oxygens (including phenoxy) is 1. The number of nitrogens with zero attached hydrogens (tertiary/aromatic N) is 3. The van der Waals surface area contributed by atoms with Crippen molar-refractivity contribution in [2.75, 3.05) is 7.11 Å². The first-order valence-corrected chi connectivity index (χ1v) is 9.13. The number of aromatic nitrogens is 4. The van der Waals surface area contributed by atoms with Crippen LogP contribution in [-0.2, 0) is 6.18 Å². The minimum atomic E-state index is -4.41. The van der Waals surface area contributed by atoms with Crippen molar-refractivity contribution in [2.24, 2.45) is 0 Å². The molecular formula is C22H15F3N4O. The van der Waals surface area contributed by atoms with Crippen molar-refractivity contribution >= 4 is 16.6 Å². The van der Waals surface area contributed by atoms with E-state index in [1.54, 1.807) is 7.11 Å². The number of hydrogen-bond donors (Lipinski definition) is 1. The highest BCUT2D eigenvalue weighted by Crippen LogP contribution is 2.33. The Hall–Kier alpha value is -3.81. The van der Waals surface area contributed by atoms with Crippen LogP contribution in [0.2, 0.25) is 0 Å². The maximum Gasteiger partial charge on any atom is 0.416 e. The quantitative estimate of drug-likeness (QED) is 0.425. The number of halogens is 3. The van der Waals surface area contributed by atoms with Gasteiger partial charge in [-0.25, -0.2) is 9.97 Å². The number of rotatable bonds is 3. The van der Waals surface area contributed by atoms with Crippen molar-refractivity contribution in [1.82, 2.24) is 19.4 Å². The molecule has 0 spiro atoms. The lowest BCUT2D eigenvalue weighted by Gasteiger charge is -2.05. The van der Waals surface area contributed by atoms with Gasteiger partial charge in [-0.2, -0.15) is 13.2 Å². The van der Waals surface area contributed by atoms with Gasteiger partial charge in [0.05, 0.1) is 29.2 Å². The highest BCUT2D eigenvalue weighted by atomic mass is 19.4. The number of alkyl halides is 3. The first-order valence-electron chi connectivity index (χ1n) is 9.13. The number of methoxy groups -OCH3 is 1. The molecule has 1 N–H and O–H groups in total. The van der Waals surface area contributed by atoms with Crippen LogP contribution in [0.25, 0.3) is 39.5 Å². The van der Waals surface area contributed by atoms with Gasteiger partial charge in [0.2, 0.25) is 0 Å². The topological polar surface area (TPSA) is 55.2 Å². The Morgan fingerprint density at radius 2 is 1.77 bits per heavy atom. The highest BCUT2D eigenvalue weighted by Gasteiger charge is 2.31. The summed E-state index contributed by atoms with van der Waals surface area (Å²) in [6, 6.07) is 16.6. The van der Waals surface area contributed by atoms with Crippen molar-refractivity contribution in [3.63, 3.8) is 0 Å². The van der Waals surface area contributed by atoms with Gasteiger partial charge in [0, 0.05) is 11.8 Å². The Morgan fingerprint density at radius 3 is 2.50 bits per heavy atom. The monoisotopic (exact) mass is 408 g/mol. The molecule has 0 atom stereocenters. The minimum absolute atomic E-state index is 0.308. The number of imidazole rings is 2. The molecule has 5 rings (SSSR count). The van der Waals surface area contributed by atoms with Crippen LogP contribution in [0.5, 0.6) is 5.75 Å². The summed E-state index contributed by atoms with van der Waals surface area (Å²) in [4.78, 5) is 12.2. The Labute approximate surface area is 168 Å². The molecule has 3 heterocycles. The summed E-state index contributed by atoms with van der Waals surface area (Å²) in [5.74, 6) is 1.84. The number of nitrogens with one attached hydrogen (secondary N) is 1. The fourth-order valence-electron chi connectivity index (χ4n) is 3.45. The maximum atomic E-state index is 13.0. The molecule has 150 valence electrons. The van der Waals surface area contributed by atoms with Gasteiger partial charge in [-0.05, 0) is 54.6 Å². The van der Waals surface area contributed by atoms with Crippen molar-refractivity contribution in [3.05, 3.63) is 72.4 Å². The second kappa shape index (κ2) is 6.62. The lowest BCUT2D eigenvalue weighted by atomic mass is 10.2. The van der Waals surface area contributed by atoms with Gasteiger partial charge in [0.1, 0.15) is 17.3 Å². The van der Waals surface area contributed by atoms with Crippen LogP contribution in [-0.4, -0.2) is 26.5 Å². The van der Waals surface area contributed by atoms with Gasteiger partial charge in [0.25, 0.3) is 0 Å². The third-order valence-corrected chi connectivity index (χ3v) is 4.93. The minimum Gasteiger partial charge on any atom is -0.497 e.